The largest absolute Gasteiger partial charge is 0.481 e. The van der Waals surface area contributed by atoms with Gasteiger partial charge < -0.3 is 14.7 Å². The van der Waals surface area contributed by atoms with Crippen LogP contribution in [0.15, 0.2) is 30.5 Å². The molecule has 3 rings (SSSR count). The lowest BCUT2D eigenvalue weighted by molar-refractivity contribution is -0.137. The van der Waals surface area contributed by atoms with Gasteiger partial charge in [-0.1, -0.05) is 17.7 Å². The van der Waals surface area contributed by atoms with Crippen LogP contribution in [0.5, 0.6) is 0 Å². The van der Waals surface area contributed by atoms with E-state index in [1.165, 1.54) is 6.20 Å². The van der Waals surface area contributed by atoms with Crippen LogP contribution in [0.2, 0.25) is 5.02 Å². The summed E-state index contributed by atoms with van der Waals surface area (Å²) in [5.74, 6) is -1.18. The van der Waals surface area contributed by atoms with E-state index in [4.69, 9.17) is 21.4 Å². The number of benzene rings is 1. The number of rotatable bonds is 7. The molecule has 0 spiro atoms. The Morgan fingerprint density at radius 3 is 2.93 bits per heavy atom. The zero-order valence-corrected chi connectivity index (χ0v) is 15.9. The van der Waals surface area contributed by atoms with Gasteiger partial charge in [-0.2, -0.15) is 5.10 Å². The van der Waals surface area contributed by atoms with Crippen LogP contribution in [0.4, 0.5) is 0 Å². The second kappa shape index (κ2) is 8.54. The fraction of sp³-hybridized carbons (Fsp3) is 0.421. The molecule has 144 valence electrons. The number of carbonyl (C=O) groups excluding carboxylic acids is 1. The number of carboxylic acids is 1. The normalized spacial score (nSPS) is 16.4. The van der Waals surface area contributed by atoms with Crippen molar-refractivity contribution in [1.29, 1.82) is 0 Å². The highest BCUT2D eigenvalue weighted by molar-refractivity contribution is 6.30. The lowest BCUT2D eigenvalue weighted by Crippen LogP contribution is -2.39. The van der Waals surface area contributed by atoms with E-state index in [9.17, 15) is 9.59 Å². The smallest absolute Gasteiger partial charge is 0.305 e. The summed E-state index contributed by atoms with van der Waals surface area (Å²) in [6.07, 6.45) is 3.18. The third kappa shape index (κ3) is 4.67. The van der Waals surface area contributed by atoms with Crippen LogP contribution in [0.25, 0.3) is 5.69 Å². The minimum Gasteiger partial charge on any atom is -0.481 e. The second-order valence-electron chi connectivity index (χ2n) is 6.57. The molecule has 0 radical (unpaired) electrons. The summed E-state index contributed by atoms with van der Waals surface area (Å²) in [5.41, 5.74) is 1.88. The monoisotopic (exact) mass is 391 g/mol. The summed E-state index contributed by atoms with van der Waals surface area (Å²) in [6.45, 7) is 3.00. The van der Waals surface area contributed by atoms with Gasteiger partial charge in [-0.15, -0.1) is 0 Å². The maximum atomic E-state index is 13.1. The van der Waals surface area contributed by atoms with E-state index >= 15 is 0 Å². The Bertz CT molecular complexity index is 830. The first kappa shape index (κ1) is 19.4. The molecule has 7 nitrogen and oxygen atoms in total. The van der Waals surface area contributed by atoms with Gasteiger partial charge >= 0.3 is 5.97 Å². The Hall–Kier alpha value is -2.38. The SMILES string of the molecule is Cc1c(C(=O)N(CCC(=O)O)C[C@H]2CCCO2)cnn1-c1cccc(Cl)c1. The van der Waals surface area contributed by atoms with Crippen molar-refractivity contribution < 1.29 is 19.4 Å². The molecular weight excluding hydrogens is 370 g/mol. The quantitative estimate of drug-likeness (QED) is 0.784. The third-order valence-electron chi connectivity index (χ3n) is 4.62. The first-order valence-electron chi connectivity index (χ1n) is 8.89. The van der Waals surface area contributed by atoms with Gasteiger partial charge in [0.25, 0.3) is 5.91 Å². The van der Waals surface area contributed by atoms with Crippen molar-refractivity contribution in [2.24, 2.45) is 0 Å². The van der Waals surface area contributed by atoms with Crippen molar-refractivity contribution in [1.82, 2.24) is 14.7 Å². The van der Waals surface area contributed by atoms with Crippen molar-refractivity contribution in [2.75, 3.05) is 19.7 Å². The molecule has 0 saturated carbocycles. The zero-order chi connectivity index (χ0) is 19.4. The Morgan fingerprint density at radius 2 is 2.26 bits per heavy atom. The molecule has 1 N–H and O–H groups in total. The molecule has 1 aliphatic heterocycles. The Labute approximate surface area is 162 Å². The molecule has 2 aromatic rings. The Morgan fingerprint density at radius 1 is 1.44 bits per heavy atom. The number of ether oxygens (including phenoxy) is 1. The third-order valence-corrected chi connectivity index (χ3v) is 4.86. The molecular formula is C19H22ClN3O4. The van der Waals surface area contributed by atoms with Crippen LogP contribution in [0.1, 0.15) is 35.3 Å². The van der Waals surface area contributed by atoms with Gasteiger partial charge in [0.05, 0.1) is 35.7 Å². The van der Waals surface area contributed by atoms with Crippen molar-refractivity contribution in [3.63, 3.8) is 0 Å². The number of carbonyl (C=O) groups is 2. The molecule has 1 aliphatic rings. The van der Waals surface area contributed by atoms with Gasteiger partial charge in [0.2, 0.25) is 0 Å². The highest BCUT2D eigenvalue weighted by Gasteiger charge is 2.26. The van der Waals surface area contributed by atoms with Crippen LogP contribution < -0.4 is 0 Å². The second-order valence-corrected chi connectivity index (χ2v) is 7.00. The molecule has 1 aromatic carbocycles. The predicted octanol–water partition coefficient (Wildman–Crippen LogP) is 2.93. The molecule has 1 aromatic heterocycles. The summed E-state index contributed by atoms with van der Waals surface area (Å²) in [6, 6.07) is 7.21. The van der Waals surface area contributed by atoms with Crippen LogP contribution in [-0.2, 0) is 9.53 Å². The van der Waals surface area contributed by atoms with E-state index in [1.54, 1.807) is 21.7 Å². The Kier molecular flexibility index (Phi) is 6.13. The first-order chi connectivity index (χ1) is 13.0. The van der Waals surface area contributed by atoms with E-state index in [2.05, 4.69) is 5.10 Å². The summed E-state index contributed by atoms with van der Waals surface area (Å²) in [7, 11) is 0. The topological polar surface area (TPSA) is 84.7 Å². The van der Waals surface area contributed by atoms with Gasteiger partial charge in [-0.25, -0.2) is 4.68 Å². The maximum Gasteiger partial charge on any atom is 0.305 e. The number of aliphatic carboxylic acids is 1. The minimum absolute atomic E-state index is 0.0500. The van der Waals surface area contributed by atoms with E-state index in [-0.39, 0.29) is 25.0 Å². The van der Waals surface area contributed by atoms with Crippen LogP contribution in [0.3, 0.4) is 0 Å². The van der Waals surface area contributed by atoms with Crippen LogP contribution in [-0.4, -0.2) is 57.5 Å². The lowest BCUT2D eigenvalue weighted by Gasteiger charge is -2.25. The lowest BCUT2D eigenvalue weighted by atomic mass is 10.1. The molecule has 8 heteroatoms. The summed E-state index contributed by atoms with van der Waals surface area (Å²) in [4.78, 5) is 25.6. The average molecular weight is 392 g/mol. The number of aromatic nitrogens is 2. The standard InChI is InChI=1S/C19H22ClN3O4/c1-13-17(11-21-23(13)15-5-2-4-14(20)10-15)19(26)22(8-7-18(24)25)12-16-6-3-9-27-16/h2,4-5,10-11,16H,3,6-9,12H2,1H3,(H,24,25)/t16-/m1/s1. The van der Waals surface area contributed by atoms with E-state index < -0.39 is 5.97 Å². The Balaban J connectivity index is 1.83. The molecule has 1 saturated heterocycles. The van der Waals surface area contributed by atoms with Crippen molar-refractivity contribution in [3.05, 3.63) is 46.7 Å². The van der Waals surface area contributed by atoms with Crippen LogP contribution >= 0.6 is 11.6 Å². The number of hydrogen-bond donors (Lipinski definition) is 1. The van der Waals surface area contributed by atoms with Crippen molar-refractivity contribution in [3.8, 4) is 5.69 Å². The molecule has 27 heavy (non-hydrogen) atoms. The molecule has 2 heterocycles. The summed E-state index contributed by atoms with van der Waals surface area (Å²) in [5, 5.41) is 13.9. The highest BCUT2D eigenvalue weighted by atomic mass is 35.5. The minimum atomic E-state index is -0.938. The highest BCUT2D eigenvalue weighted by Crippen LogP contribution is 2.20. The number of nitrogens with zero attached hydrogens (tertiary/aromatic N) is 3. The van der Waals surface area contributed by atoms with Crippen LogP contribution in [0, 0.1) is 6.92 Å². The molecule has 1 amide bonds. The van der Waals surface area contributed by atoms with Gasteiger partial charge in [0.15, 0.2) is 0 Å². The molecule has 1 atom stereocenters. The fourth-order valence-corrected chi connectivity index (χ4v) is 3.38. The van der Waals surface area contributed by atoms with Gasteiger partial charge in [-0.05, 0) is 38.0 Å². The number of hydrogen-bond acceptors (Lipinski definition) is 4. The van der Waals surface area contributed by atoms with Crippen molar-refractivity contribution >= 4 is 23.5 Å². The van der Waals surface area contributed by atoms with Gasteiger partial charge in [0.1, 0.15) is 0 Å². The van der Waals surface area contributed by atoms with E-state index in [0.717, 1.165) is 18.5 Å². The van der Waals surface area contributed by atoms with E-state index in [1.807, 2.05) is 19.1 Å². The zero-order valence-electron chi connectivity index (χ0n) is 15.1. The predicted molar refractivity (Wildman–Crippen MR) is 100 cm³/mol. The fourth-order valence-electron chi connectivity index (χ4n) is 3.20. The molecule has 1 fully saturated rings. The summed E-state index contributed by atoms with van der Waals surface area (Å²) >= 11 is 6.05. The van der Waals surface area contributed by atoms with E-state index in [0.29, 0.717) is 29.4 Å². The first-order valence-corrected chi connectivity index (χ1v) is 9.26. The van der Waals surface area contributed by atoms with Gasteiger partial charge in [-0.3, -0.25) is 9.59 Å². The number of carboxylic acid groups (broad SMARTS) is 1. The maximum absolute atomic E-state index is 13.1. The number of halogens is 1. The van der Waals surface area contributed by atoms with Crippen molar-refractivity contribution in [2.45, 2.75) is 32.3 Å². The number of amides is 1. The molecule has 0 unspecified atom stereocenters. The molecule has 0 bridgehead atoms. The molecule has 0 aliphatic carbocycles. The summed E-state index contributed by atoms with van der Waals surface area (Å²) < 4.78 is 7.27. The average Bonchev–Trinajstić information content (AvgIpc) is 3.27. The van der Waals surface area contributed by atoms with Gasteiger partial charge in [0, 0.05) is 24.7 Å².